The first kappa shape index (κ1) is 13.1. The molecule has 1 saturated heterocycles. The van der Waals surface area contributed by atoms with Crippen LogP contribution in [0.3, 0.4) is 0 Å². The van der Waals surface area contributed by atoms with Crippen LogP contribution < -0.4 is 4.74 Å². The number of carbonyl (C=O) groups is 1. The van der Waals surface area contributed by atoms with Crippen molar-refractivity contribution in [2.24, 2.45) is 5.92 Å². The Balaban J connectivity index is 1.85. The predicted octanol–water partition coefficient (Wildman–Crippen LogP) is 1.82. The monoisotopic (exact) mass is 250 g/mol. The molecule has 2 rings (SSSR count). The molecule has 1 aromatic carbocycles. The topological polar surface area (TPSA) is 44.8 Å². The fraction of sp³-hybridized carbons (Fsp3) is 0.500. The van der Waals surface area contributed by atoms with Gasteiger partial charge in [0.2, 0.25) is 0 Å². The number of Topliss-reactive ketones (excluding diaryl/α,β-unsaturated/α-hetero) is 1. The minimum atomic E-state index is 0.00663. The normalized spacial score (nSPS) is 18.8. The Morgan fingerprint density at radius 1 is 1.50 bits per heavy atom. The van der Waals surface area contributed by atoms with E-state index >= 15 is 0 Å². The van der Waals surface area contributed by atoms with E-state index in [2.05, 4.69) is 0 Å². The third-order valence-corrected chi connectivity index (χ3v) is 2.98. The highest BCUT2D eigenvalue weighted by Gasteiger charge is 2.23. The van der Waals surface area contributed by atoms with E-state index in [9.17, 15) is 4.79 Å². The van der Waals surface area contributed by atoms with Crippen LogP contribution in [-0.2, 0) is 20.9 Å². The van der Waals surface area contributed by atoms with Crippen LogP contribution in [0.5, 0.6) is 5.75 Å². The van der Waals surface area contributed by atoms with E-state index in [1.165, 1.54) is 0 Å². The van der Waals surface area contributed by atoms with Crippen molar-refractivity contribution in [3.05, 3.63) is 29.8 Å². The van der Waals surface area contributed by atoms with Crippen LogP contribution in [0.25, 0.3) is 0 Å². The number of benzene rings is 1. The van der Waals surface area contributed by atoms with Gasteiger partial charge in [0.05, 0.1) is 13.2 Å². The molecule has 0 amide bonds. The molecule has 4 heteroatoms. The van der Waals surface area contributed by atoms with E-state index < -0.39 is 0 Å². The van der Waals surface area contributed by atoms with Crippen molar-refractivity contribution in [3.63, 3.8) is 0 Å². The van der Waals surface area contributed by atoms with Crippen LogP contribution in [0, 0.1) is 5.92 Å². The third-order valence-electron chi connectivity index (χ3n) is 2.98. The van der Waals surface area contributed by atoms with Crippen LogP contribution in [0.2, 0.25) is 0 Å². The number of hydrogen-bond acceptors (Lipinski definition) is 4. The zero-order chi connectivity index (χ0) is 12.8. The van der Waals surface area contributed by atoms with Gasteiger partial charge >= 0.3 is 0 Å². The van der Waals surface area contributed by atoms with Gasteiger partial charge in [0.1, 0.15) is 12.4 Å². The summed E-state index contributed by atoms with van der Waals surface area (Å²) in [6, 6.07) is 7.59. The molecule has 0 N–H and O–H groups in total. The van der Waals surface area contributed by atoms with E-state index in [1.54, 1.807) is 7.11 Å². The van der Waals surface area contributed by atoms with Crippen molar-refractivity contribution >= 4 is 5.78 Å². The van der Waals surface area contributed by atoms with Crippen molar-refractivity contribution in [2.75, 3.05) is 26.9 Å². The summed E-state index contributed by atoms with van der Waals surface area (Å²) in [5.74, 6) is 0.827. The highest BCUT2D eigenvalue weighted by atomic mass is 16.5. The van der Waals surface area contributed by atoms with Crippen molar-refractivity contribution < 1.29 is 19.0 Å². The van der Waals surface area contributed by atoms with Gasteiger partial charge in [-0.1, -0.05) is 12.1 Å². The molecule has 1 unspecified atom stereocenters. The Morgan fingerprint density at radius 3 is 3.11 bits per heavy atom. The van der Waals surface area contributed by atoms with Crippen LogP contribution in [0.4, 0.5) is 0 Å². The van der Waals surface area contributed by atoms with Crippen molar-refractivity contribution in [1.82, 2.24) is 0 Å². The first-order valence-electron chi connectivity index (χ1n) is 6.10. The summed E-state index contributed by atoms with van der Waals surface area (Å²) >= 11 is 0. The lowest BCUT2D eigenvalue weighted by atomic mass is 10.0. The van der Waals surface area contributed by atoms with Gasteiger partial charge in [0.25, 0.3) is 0 Å². The maximum atomic E-state index is 11.8. The smallest absolute Gasteiger partial charge is 0.175 e. The zero-order valence-electron chi connectivity index (χ0n) is 10.6. The Morgan fingerprint density at radius 2 is 2.39 bits per heavy atom. The molecule has 0 aromatic heterocycles. The van der Waals surface area contributed by atoms with Crippen LogP contribution >= 0.6 is 0 Å². The Hall–Kier alpha value is -1.39. The summed E-state index contributed by atoms with van der Waals surface area (Å²) in [4.78, 5) is 11.8. The van der Waals surface area contributed by atoms with Crippen molar-refractivity contribution in [3.8, 4) is 5.75 Å². The molecule has 4 nitrogen and oxygen atoms in total. The highest BCUT2D eigenvalue weighted by Crippen LogP contribution is 2.17. The quantitative estimate of drug-likeness (QED) is 0.772. The van der Waals surface area contributed by atoms with Crippen LogP contribution in [0.15, 0.2) is 24.3 Å². The van der Waals surface area contributed by atoms with Crippen LogP contribution in [-0.4, -0.2) is 32.7 Å². The maximum absolute atomic E-state index is 11.8. The molecule has 1 aliphatic heterocycles. The van der Waals surface area contributed by atoms with Gasteiger partial charge in [0.15, 0.2) is 5.78 Å². The molecule has 98 valence electrons. The lowest BCUT2D eigenvalue weighted by molar-refractivity contribution is -0.124. The number of ether oxygens (including phenoxy) is 3. The summed E-state index contributed by atoms with van der Waals surface area (Å²) in [6.45, 7) is 1.87. The molecule has 0 saturated carbocycles. The zero-order valence-corrected chi connectivity index (χ0v) is 10.6. The second-order valence-electron chi connectivity index (χ2n) is 4.40. The Bertz CT molecular complexity index is 397. The Labute approximate surface area is 107 Å². The SMILES string of the molecule is COCc1cccc(OCC(=O)C2CCOC2)c1. The van der Waals surface area contributed by atoms with Gasteiger partial charge in [-0.25, -0.2) is 0 Å². The minimum absolute atomic E-state index is 0.00663. The maximum Gasteiger partial charge on any atom is 0.175 e. The average molecular weight is 250 g/mol. The lowest BCUT2D eigenvalue weighted by Crippen LogP contribution is -2.21. The van der Waals surface area contributed by atoms with Crippen molar-refractivity contribution in [2.45, 2.75) is 13.0 Å². The molecule has 1 aromatic rings. The molecular formula is C14H18O4. The summed E-state index contributed by atoms with van der Waals surface area (Å²) in [5.41, 5.74) is 1.03. The van der Waals surface area contributed by atoms with E-state index in [-0.39, 0.29) is 18.3 Å². The largest absolute Gasteiger partial charge is 0.486 e. The number of methoxy groups -OCH3 is 1. The molecule has 1 heterocycles. The van der Waals surface area contributed by atoms with Gasteiger partial charge in [-0.2, -0.15) is 0 Å². The molecule has 0 radical (unpaired) electrons. The standard InChI is InChI=1S/C14H18O4/c1-16-8-11-3-2-4-13(7-11)18-10-14(15)12-5-6-17-9-12/h2-4,7,12H,5-6,8-10H2,1H3. The van der Waals surface area contributed by atoms with E-state index in [4.69, 9.17) is 14.2 Å². The molecule has 1 fully saturated rings. The second-order valence-corrected chi connectivity index (χ2v) is 4.40. The predicted molar refractivity (Wildman–Crippen MR) is 66.6 cm³/mol. The van der Waals surface area contributed by atoms with Gasteiger partial charge in [-0.15, -0.1) is 0 Å². The van der Waals surface area contributed by atoms with Crippen LogP contribution in [0.1, 0.15) is 12.0 Å². The first-order chi connectivity index (χ1) is 8.79. The first-order valence-corrected chi connectivity index (χ1v) is 6.10. The number of rotatable bonds is 6. The molecule has 18 heavy (non-hydrogen) atoms. The van der Waals surface area contributed by atoms with E-state index in [0.717, 1.165) is 12.0 Å². The number of hydrogen-bond donors (Lipinski definition) is 0. The summed E-state index contributed by atoms with van der Waals surface area (Å²) in [5, 5.41) is 0. The van der Waals surface area contributed by atoms with E-state index in [1.807, 2.05) is 24.3 Å². The summed E-state index contributed by atoms with van der Waals surface area (Å²) < 4.78 is 15.7. The van der Waals surface area contributed by atoms with Crippen molar-refractivity contribution in [1.29, 1.82) is 0 Å². The van der Waals surface area contributed by atoms with Gasteiger partial charge in [-0.3, -0.25) is 4.79 Å². The van der Waals surface area contributed by atoms with Gasteiger partial charge in [0, 0.05) is 19.6 Å². The lowest BCUT2D eigenvalue weighted by Gasteiger charge is -2.09. The highest BCUT2D eigenvalue weighted by molar-refractivity contribution is 5.82. The second kappa shape index (κ2) is 6.52. The molecular weight excluding hydrogens is 232 g/mol. The van der Waals surface area contributed by atoms with Gasteiger partial charge < -0.3 is 14.2 Å². The fourth-order valence-electron chi connectivity index (χ4n) is 1.95. The minimum Gasteiger partial charge on any atom is -0.486 e. The Kier molecular flexibility index (Phi) is 4.73. The molecule has 0 aliphatic carbocycles. The average Bonchev–Trinajstić information content (AvgIpc) is 2.91. The molecule has 1 aliphatic rings. The number of carbonyl (C=O) groups excluding carboxylic acids is 1. The number of ketones is 1. The fourth-order valence-corrected chi connectivity index (χ4v) is 1.95. The summed E-state index contributed by atoms with van der Waals surface area (Å²) in [6.07, 6.45) is 0.811. The third kappa shape index (κ3) is 3.55. The van der Waals surface area contributed by atoms with E-state index in [0.29, 0.717) is 25.6 Å². The summed E-state index contributed by atoms with van der Waals surface area (Å²) in [7, 11) is 1.65. The molecule has 1 atom stereocenters. The van der Waals surface area contributed by atoms with Gasteiger partial charge in [-0.05, 0) is 24.1 Å². The molecule has 0 spiro atoms. The molecule has 0 bridgehead atoms.